The first kappa shape index (κ1) is 33.7. The molecule has 0 radical (unpaired) electrons. The Morgan fingerprint density at radius 1 is 0.932 bits per heavy atom. The van der Waals surface area contributed by atoms with Crippen LogP contribution < -0.4 is 9.62 Å². The van der Waals surface area contributed by atoms with E-state index in [0.717, 1.165) is 53.9 Å². The smallest absolute Gasteiger partial charge is 0.243 e. The van der Waals surface area contributed by atoms with E-state index in [0.29, 0.717) is 15.6 Å². The van der Waals surface area contributed by atoms with Crippen molar-refractivity contribution in [1.29, 1.82) is 0 Å². The van der Waals surface area contributed by atoms with Gasteiger partial charge >= 0.3 is 0 Å². The molecule has 1 fully saturated rings. The fourth-order valence-corrected chi connectivity index (χ4v) is 6.68. The molecule has 1 N–H and O–H groups in total. The van der Waals surface area contributed by atoms with Gasteiger partial charge in [-0.2, -0.15) is 0 Å². The summed E-state index contributed by atoms with van der Waals surface area (Å²) in [5.74, 6) is -2.93. The number of hydrogen-bond acceptors (Lipinski definition) is 4. The van der Waals surface area contributed by atoms with Gasteiger partial charge in [-0.3, -0.25) is 13.9 Å². The molecule has 0 saturated heterocycles. The van der Waals surface area contributed by atoms with Gasteiger partial charge in [0, 0.05) is 38.0 Å². The molecule has 12 heteroatoms. The summed E-state index contributed by atoms with van der Waals surface area (Å²) in [4.78, 5) is 29.3. The summed E-state index contributed by atoms with van der Waals surface area (Å²) in [6.07, 6.45) is 4.95. The van der Waals surface area contributed by atoms with E-state index in [-0.39, 0.29) is 55.9 Å². The summed E-state index contributed by atoms with van der Waals surface area (Å²) in [7, 11) is -3.88. The minimum absolute atomic E-state index is 0.0297. The van der Waals surface area contributed by atoms with Crippen molar-refractivity contribution >= 4 is 50.7 Å². The number of amides is 2. The second-order valence-corrected chi connectivity index (χ2v) is 13.7. The maximum Gasteiger partial charge on any atom is 0.243 e. The molecule has 3 aromatic carbocycles. The van der Waals surface area contributed by atoms with E-state index in [1.807, 2.05) is 30.3 Å². The molecule has 1 atom stereocenters. The highest BCUT2D eigenvalue weighted by Crippen LogP contribution is 2.26. The number of halogens is 4. The first-order valence-electron chi connectivity index (χ1n) is 14.4. The van der Waals surface area contributed by atoms with E-state index in [9.17, 15) is 26.8 Å². The van der Waals surface area contributed by atoms with E-state index in [2.05, 4.69) is 5.32 Å². The average Bonchev–Trinajstić information content (AvgIpc) is 3.49. The Morgan fingerprint density at radius 3 is 2.27 bits per heavy atom. The van der Waals surface area contributed by atoms with E-state index in [1.54, 1.807) is 18.2 Å². The summed E-state index contributed by atoms with van der Waals surface area (Å²) < 4.78 is 53.5. The van der Waals surface area contributed by atoms with Crippen LogP contribution in [0.4, 0.5) is 14.5 Å². The van der Waals surface area contributed by atoms with Gasteiger partial charge in [0.1, 0.15) is 6.04 Å². The molecule has 1 saturated carbocycles. The van der Waals surface area contributed by atoms with Crippen molar-refractivity contribution in [3.63, 3.8) is 0 Å². The monoisotopic (exact) mass is 665 g/mol. The highest BCUT2D eigenvalue weighted by atomic mass is 35.5. The lowest BCUT2D eigenvalue weighted by Gasteiger charge is -2.33. The molecule has 0 unspecified atom stereocenters. The summed E-state index contributed by atoms with van der Waals surface area (Å²) in [5, 5.41) is 3.79. The van der Waals surface area contributed by atoms with Crippen molar-refractivity contribution < 1.29 is 26.8 Å². The molecule has 1 aliphatic rings. The molecule has 44 heavy (non-hydrogen) atoms. The van der Waals surface area contributed by atoms with Gasteiger partial charge in [0.05, 0.1) is 22.0 Å². The van der Waals surface area contributed by atoms with E-state index >= 15 is 0 Å². The Bertz CT molecular complexity index is 1570. The zero-order chi connectivity index (χ0) is 31.9. The average molecular weight is 667 g/mol. The Morgan fingerprint density at radius 2 is 1.64 bits per heavy atom. The topological polar surface area (TPSA) is 86.8 Å². The van der Waals surface area contributed by atoms with Crippen LogP contribution in [0.1, 0.15) is 49.7 Å². The maximum atomic E-state index is 13.9. The van der Waals surface area contributed by atoms with Crippen molar-refractivity contribution in [3.8, 4) is 0 Å². The van der Waals surface area contributed by atoms with E-state index in [4.69, 9.17) is 23.2 Å². The molecule has 4 rings (SSSR count). The Kier molecular flexibility index (Phi) is 11.6. The minimum Gasteiger partial charge on any atom is -0.352 e. The fourth-order valence-electron chi connectivity index (χ4n) is 5.40. The molecule has 236 valence electrons. The third kappa shape index (κ3) is 9.15. The van der Waals surface area contributed by atoms with Gasteiger partial charge < -0.3 is 10.2 Å². The summed E-state index contributed by atoms with van der Waals surface area (Å²) in [6, 6.07) is 16.4. The van der Waals surface area contributed by atoms with Gasteiger partial charge in [0.15, 0.2) is 11.6 Å². The van der Waals surface area contributed by atoms with Crippen LogP contribution in [-0.4, -0.2) is 50.0 Å². The van der Waals surface area contributed by atoms with Gasteiger partial charge in [0.25, 0.3) is 0 Å². The second-order valence-electron chi connectivity index (χ2n) is 11.0. The Labute approximate surface area is 267 Å². The van der Waals surface area contributed by atoms with Crippen molar-refractivity contribution in [2.75, 3.05) is 17.1 Å². The first-order valence-corrected chi connectivity index (χ1v) is 17.0. The summed E-state index contributed by atoms with van der Waals surface area (Å²) >= 11 is 12.4. The lowest BCUT2D eigenvalue weighted by molar-refractivity contribution is -0.141. The largest absolute Gasteiger partial charge is 0.352 e. The molecule has 0 aliphatic heterocycles. The normalized spacial score (nSPS) is 14.3. The molecule has 1 aliphatic carbocycles. The van der Waals surface area contributed by atoms with Crippen LogP contribution in [0.5, 0.6) is 0 Å². The van der Waals surface area contributed by atoms with Gasteiger partial charge in [-0.25, -0.2) is 17.2 Å². The lowest BCUT2D eigenvalue weighted by atomic mass is 10.0. The lowest BCUT2D eigenvalue weighted by Crippen LogP contribution is -2.52. The highest BCUT2D eigenvalue weighted by molar-refractivity contribution is 7.92. The van der Waals surface area contributed by atoms with Crippen LogP contribution in [0.25, 0.3) is 0 Å². The predicted octanol–water partition coefficient (Wildman–Crippen LogP) is 6.52. The molecule has 0 bridgehead atoms. The quantitative estimate of drug-likeness (QED) is 0.225. The number of carbonyl (C=O) groups is 2. The van der Waals surface area contributed by atoms with Gasteiger partial charge in [-0.05, 0) is 54.7 Å². The first-order chi connectivity index (χ1) is 20.9. The minimum atomic E-state index is -3.88. The molecule has 0 aromatic heterocycles. The predicted molar refractivity (Wildman–Crippen MR) is 169 cm³/mol. The fraction of sp³-hybridized carbons (Fsp3) is 0.375. The molecule has 7 nitrogen and oxygen atoms in total. The number of hydrogen-bond donors (Lipinski definition) is 1. The van der Waals surface area contributed by atoms with Crippen LogP contribution in [0, 0.1) is 11.6 Å². The van der Waals surface area contributed by atoms with Crippen molar-refractivity contribution in [3.05, 3.63) is 99.5 Å². The zero-order valence-corrected chi connectivity index (χ0v) is 26.6. The number of benzene rings is 3. The standard InChI is InChI=1S/C32H35Cl2F2N3O4S/c1-44(42,43)39(25-14-16-28(35)29(36)20-25)17-7-12-31(40)38(21-23-13-15-26(33)27(34)18-23)30(19-22-8-3-2-4-9-22)32(41)37-24-10-5-6-11-24/h2-4,8-9,13-16,18,20,24,30H,5-7,10-12,17,19,21H2,1H3,(H,37,41)/t30-/m1/s1. The van der Waals surface area contributed by atoms with Crippen LogP contribution >= 0.6 is 23.2 Å². The number of nitrogens with zero attached hydrogens (tertiary/aromatic N) is 2. The third-order valence-corrected chi connectivity index (χ3v) is 9.59. The third-order valence-electron chi connectivity index (χ3n) is 7.65. The van der Waals surface area contributed by atoms with Crippen LogP contribution in [0.2, 0.25) is 10.0 Å². The van der Waals surface area contributed by atoms with E-state index in [1.165, 1.54) is 11.0 Å². The maximum absolute atomic E-state index is 13.9. The van der Waals surface area contributed by atoms with Crippen LogP contribution in [-0.2, 0) is 32.6 Å². The van der Waals surface area contributed by atoms with Crippen molar-refractivity contribution in [2.24, 2.45) is 0 Å². The Balaban J connectivity index is 1.61. The SMILES string of the molecule is CS(=O)(=O)N(CCCC(=O)N(Cc1ccc(Cl)c(Cl)c1)[C@H](Cc1ccccc1)C(=O)NC1CCCC1)c1ccc(F)c(F)c1. The zero-order valence-electron chi connectivity index (χ0n) is 24.3. The Hall–Kier alpha value is -3.21. The molecule has 0 spiro atoms. The molecular weight excluding hydrogens is 631 g/mol. The molecule has 3 aromatic rings. The number of rotatable bonds is 13. The van der Waals surface area contributed by atoms with Crippen LogP contribution in [0.3, 0.4) is 0 Å². The van der Waals surface area contributed by atoms with Gasteiger partial charge in [-0.1, -0.05) is 72.4 Å². The van der Waals surface area contributed by atoms with Gasteiger partial charge in [-0.15, -0.1) is 0 Å². The molecule has 2 amide bonds. The second kappa shape index (κ2) is 15.2. The molecular formula is C32H35Cl2F2N3O4S. The highest BCUT2D eigenvalue weighted by Gasteiger charge is 2.32. The van der Waals surface area contributed by atoms with Gasteiger partial charge in [0.2, 0.25) is 21.8 Å². The van der Waals surface area contributed by atoms with Crippen molar-refractivity contribution in [1.82, 2.24) is 10.2 Å². The molecule has 0 heterocycles. The van der Waals surface area contributed by atoms with E-state index < -0.39 is 27.7 Å². The van der Waals surface area contributed by atoms with Crippen molar-refractivity contribution in [2.45, 2.75) is 63.6 Å². The van der Waals surface area contributed by atoms with Crippen LogP contribution in [0.15, 0.2) is 66.7 Å². The number of nitrogens with one attached hydrogen (secondary N) is 1. The number of anilines is 1. The number of sulfonamides is 1. The summed E-state index contributed by atoms with van der Waals surface area (Å²) in [5.41, 5.74) is 1.48. The summed E-state index contributed by atoms with van der Waals surface area (Å²) in [6.45, 7) is -0.0991. The number of carbonyl (C=O) groups excluding carboxylic acids is 2.